The van der Waals surface area contributed by atoms with Crippen LogP contribution in [0.25, 0.3) is 0 Å². The van der Waals surface area contributed by atoms with Crippen LogP contribution in [-0.2, 0) is 20.9 Å². The van der Waals surface area contributed by atoms with E-state index >= 15 is 0 Å². The first kappa shape index (κ1) is 35.3. The van der Waals surface area contributed by atoms with Gasteiger partial charge in [-0.05, 0) is 110 Å². The molecular formula is C44H53N5O5. The molecule has 5 heterocycles. The molecule has 54 heavy (non-hydrogen) atoms. The Hall–Kier alpha value is -4.41. The van der Waals surface area contributed by atoms with E-state index in [0.717, 1.165) is 75.5 Å². The summed E-state index contributed by atoms with van der Waals surface area (Å²) in [5.74, 6) is 0.415. The van der Waals surface area contributed by atoms with E-state index in [4.69, 9.17) is 4.74 Å². The van der Waals surface area contributed by atoms with E-state index in [1.807, 2.05) is 24.3 Å². The van der Waals surface area contributed by atoms with Gasteiger partial charge in [-0.1, -0.05) is 37.5 Å². The molecule has 0 bridgehead atoms. The summed E-state index contributed by atoms with van der Waals surface area (Å²) in [4.78, 5) is 46.5. The summed E-state index contributed by atoms with van der Waals surface area (Å²) in [5, 5.41) is 12.7. The normalized spacial score (nSPS) is 26.2. The highest BCUT2D eigenvalue weighted by Crippen LogP contribution is 2.54. The molecule has 9 rings (SSSR count). The predicted octanol–water partition coefficient (Wildman–Crippen LogP) is 6.12. The number of carbonyl (C=O) groups excluding carboxylic acids is 3. The first-order chi connectivity index (χ1) is 26.2. The number of phenols is 1. The van der Waals surface area contributed by atoms with Gasteiger partial charge in [-0.3, -0.25) is 24.6 Å². The van der Waals surface area contributed by atoms with Gasteiger partial charge in [-0.25, -0.2) is 0 Å². The van der Waals surface area contributed by atoms with E-state index in [-0.39, 0.29) is 41.8 Å². The minimum atomic E-state index is -0.585. The number of phenolic OH excluding ortho intramolecular Hbond substituents is 1. The third kappa shape index (κ3) is 6.55. The maximum absolute atomic E-state index is 13.2. The predicted molar refractivity (Wildman–Crippen MR) is 208 cm³/mol. The Morgan fingerprint density at radius 3 is 2.26 bits per heavy atom. The molecule has 10 nitrogen and oxygen atoms in total. The van der Waals surface area contributed by atoms with Crippen LogP contribution in [-0.4, -0.2) is 90.1 Å². The summed E-state index contributed by atoms with van der Waals surface area (Å²) in [6.45, 7) is 9.78. The van der Waals surface area contributed by atoms with Crippen molar-refractivity contribution in [3.05, 3.63) is 88.5 Å². The second-order valence-corrected chi connectivity index (χ2v) is 16.7. The number of piperazine rings is 1. The first-order valence-electron chi connectivity index (χ1n) is 20.4. The molecular weight excluding hydrogens is 679 g/mol. The summed E-state index contributed by atoms with van der Waals surface area (Å²) < 4.78 is 6.90. The molecule has 5 aliphatic heterocycles. The summed E-state index contributed by atoms with van der Waals surface area (Å²) in [7, 11) is 0. The van der Waals surface area contributed by atoms with Crippen LogP contribution in [0.5, 0.6) is 5.75 Å². The summed E-state index contributed by atoms with van der Waals surface area (Å²) in [6.07, 6.45) is 8.84. The van der Waals surface area contributed by atoms with Crippen LogP contribution in [0.1, 0.15) is 109 Å². The fourth-order valence-electron chi connectivity index (χ4n) is 10.5. The fraction of sp³-hybridized carbons (Fsp3) is 0.523. The first-order valence-corrected chi connectivity index (χ1v) is 20.4. The number of hydrogen-bond donors (Lipinski definition) is 2. The number of hydrogen-bond acceptors (Lipinski definition) is 8. The van der Waals surface area contributed by atoms with Crippen LogP contribution in [0.15, 0.2) is 60.7 Å². The van der Waals surface area contributed by atoms with E-state index in [2.05, 4.69) is 63.3 Å². The van der Waals surface area contributed by atoms with Gasteiger partial charge in [-0.2, -0.15) is 0 Å². The van der Waals surface area contributed by atoms with Crippen LogP contribution >= 0.6 is 0 Å². The maximum Gasteiger partial charge on any atom is 0.255 e. The van der Waals surface area contributed by atoms with E-state index in [9.17, 15) is 19.5 Å². The lowest BCUT2D eigenvalue weighted by molar-refractivity contribution is -0.137. The number of imide groups is 1. The molecule has 0 radical (unpaired) electrons. The van der Waals surface area contributed by atoms with Crippen molar-refractivity contribution in [3.63, 3.8) is 0 Å². The maximum atomic E-state index is 13.2. The molecule has 6 aliphatic rings. The smallest absolute Gasteiger partial charge is 0.255 e. The Bertz CT molecular complexity index is 1910. The second kappa shape index (κ2) is 14.3. The van der Waals surface area contributed by atoms with Crippen molar-refractivity contribution in [1.82, 2.24) is 15.1 Å². The third-order valence-electron chi connectivity index (χ3n) is 13.4. The number of nitrogens with one attached hydrogen (secondary N) is 1. The molecule has 2 N–H and O–H groups in total. The zero-order chi connectivity index (χ0) is 37.0. The zero-order valence-electron chi connectivity index (χ0n) is 31.5. The van der Waals surface area contributed by atoms with E-state index in [0.29, 0.717) is 30.2 Å². The van der Waals surface area contributed by atoms with Crippen molar-refractivity contribution in [2.45, 2.75) is 94.9 Å². The highest BCUT2D eigenvalue weighted by atomic mass is 16.5. The number of amides is 3. The number of aromatic hydroxyl groups is 1. The largest absolute Gasteiger partial charge is 0.508 e. The highest BCUT2D eigenvalue weighted by Gasteiger charge is 2.48. The Morgan fingerprint density at radius 1 is 0.796 bits per heavy atom. The second-order valence-electron chi connectivity index (χ2n) is 16.7. The molecule has 3 amide bonds. The summed E-state index contributed by atoms with van der Waals surface area (Å²) >= 11 is 0. The van der Waals surface area contributed by atoms with Gasteiger partial charge in [0.1, 0.15) is 11.8 Å². The zero-order valence-corrected chi connectivity index (χ0v) is 31.5. The third-order valence-corrected chi connectivity index (χ3v) is 13.4. The number of ether oxygens (including phenoxy) is 1. The number of piperidine rings is 2. The molecule has 0 aromatic heterocycles. The molecule has 3 aromatic carbocycles. The van der Waals surface area contributed by atoms with Crippen molar-refractivity contribution in [1.29, 1.82) is 0 Å². The Labute approximate surface area is 318 Å². The minimum absolute atomic E-state index is 0.0229. The fourth-order valence-corrected chi connectivity index (χ4v) is 10.5. The standard InChI is InChI=1S/C44H53N5O5/c1-29-38-26-35(50)10-12-37(38)41(44(54-29)17-3-2-4-18-44)31-5-7-33(8-6-31)47-19-15-30(16-20-47)27-46-21-23-48(24-22-46)34-9-11-36-32(25-34)28-49(43(36)53)39-13-14-40(51)45-42(39)52/h5-12,25-26,29-30,39,41,50H,2-4,13-24,27-28H2,1H3,(H,45,51,52)/t29-,39-,41-/m0/s1. The van der Waals surface area contributed by atoms with E-state index < -0.39 is 6.04 Å². The Kier molecular flexibility index (Phi) is 9.38. The molecule has 284 valence electrons. The van der Waals surface area contributed by atoms with Gasteiger partial charge in [0, 0.05) is 81.6 Å². The average Bonchev–Trinajstić information content (AvgIpc) is 3.51. The number of fused-ring (bicyclic) bond motifs is 2. The lowest BCUT2D eigenvalue weighted by atomic mass is 9.67. The topological polar surface area (TPSA) is 106 Å². The average molecular weight is 732 g/mol. The number of nitrogens with zero attached hydrogens (tertiary/aromatic N) is 4. The number of rotatable bonds is 6. The van der Waals surface area contributed by atoms with Gasteiger partial charge in [0.05, 0.1) is 11.7 Å². The Balaban J connectivity index is 0.782. The molecule has 3 saturated heterocycles. The summed E-state index contributed by atoms with van der Waals surface area (Å²) in [6, 6.07) is 20.7. The monoisotopic (exact) mass is 731 g/mol. The molecule has 3 aromatic rings. The van der Waals surface area contributed by atoms with Gasteiger partial charge in [0.25, 0.3) is 5.91 Å². The van der Waals surface area contributed by atoms with Crippen molar-refractivity contribution < 1.29 is 24.2 Å². The molecule has 10 heteroatoms. The SMILES string of the molecule is C[C@@H]1OC2(CCCCC2)[C@@H](c2ccc(N3CCC(CN4CCN(c5ccc6c(c5)CN([C@H]5CCC(=O)NC5=O)C6=O)CC4)CC3)cc2)c2ccc(O)cc21. The molecule has 1 saturated carbocycles. The van der Waals surface area contributed by atoms with Crippen molar-refractivity contribution in [2.24, 2.45) is 5.92 Å². The lowest BCUT2D eigenvalue weighted by Gasteiger charge is -2.50. The number of anilines is 2. The van der Waals surface area contributed by atoms with Crippen molar-refractivity contribution in [3.8, 4) is 5.75 Å². The van der Waals surface area contributed by atoms with E-state index in [1.54, 1.807) is 4.90 Å². The number of benzene rings is 3. The molecule has 4 fully saturated rings. The van der Waals surface area contributed by atoms with Crippen LogP contribution < -0.4 is 15.1 Å². The quantitative estimate of drug-likeness (QED) is 0.293. The van der Waals surface area contributed by atoms with Gasteiger partial charge in [0.15, 0.2) is 0 Å². The lowest BCUT2D eigenvalue weighted by Crippen LogP contribution is -2.52. The number of carbonyl (C=O) groups is 3. The molecule has 3 atom stereocenters. The van der Waals surface area contributed by atoms with E-state index in [1.165, 1.54) is 48.9 Å². The minimum Gasteiger partial charge on any atom is -0.508 e. The van der Waals surface area contributed by atoms with Crippen LogP contribution in [0.2, 0.25) is 0 Å². The van der Waals surface area contributed by atoms with Crippen molar-refractivity contribution in [2.75, 3.05) is 55.6 Å². The molecule has 0 unspecified atom stereocenters. The van der Waals surface area contributed by atoms with Gasteiger partial charge >= 0.3 is 0 Å². The van der Waals surface area contributed by atoms with Crippen LogP contribution in [0.4, 0.5) is 11.4 Å². The molecule has 1 spiro atoms. The van der Waals surface area contributed by atoms with Crippen LogP contribution in [0, 0.1) is 5.92 Å². The van der Waals surface area contributed by atoms with Gasteiger partial charge < -0.3 is 24.5 Å². The van der Waals surface area contributed by atoms with Gasteiger partial charge in [-0.15, -0.1) is 0 Å². The highest BCUT2D eigenvalue weighted by molar-refractivity contribution is 6.05. The van der Waals surface area contributed by atoms with Crippen LogP contribution in [0.3, 0.4) is 0 Å². The molecule has 1 aliphatic carbocycles. The van der Waals surface area contributed by atoms with Crippen molar-refractivity contribution >= 4 is 29.1 Å². The van der Waals surface area contributed by atoms with Gasteiger partial charge in [0.2, 0.25) is 11.8 Å². The summed E-state index contributed by atoms with van der Waals surface area (Å²) in [5.41, 5.74) is 7.62. The Morgan fingerprint density at radius 2 is 1.52 bits per heavy atom.